The Labute approximate surface area is 79.4 Å². The molecule has 0 spiro atoms. The van der Waals surface area contributed by atoms with Crippen molar-refractivity contribution < 1.29 is 9.53 Å². The molecule has 0 amide bonds. The maximum atomic E-state index is 11.0. The van der Waals surface area contributed by atoms with Crippen molar-refractivity contribution in [1.82, 2.24) is 0 Å². The van der Waals surface area contributed by atoms with E-state index in [4.69, 9.17) is 15.4 Å². The van der Waals surface area contributed by atoms with Crippen LogP contribution in [0.5, 0.6) is 5.75 Å². The summed E-state index contributed by atoms with van der Waals surface area (Å²) >= 11 is 0. The molecule has 0 aliphatic rings. The number of ether oxygens (including phenoxy) is 1. The fourth-order valence-electron chi connectivity index (χ4n) is 0.772. The Morgan fingerprint density at radius 2 is 2.00 bits per heavy atom. The van der Waals surface area contributed by atoms with Crippen molar-refractivity contribution in [2.45, 2.75) is 0 Å². The second-order valence-electron chi connectivity index (χ2n) is 2.09. The molecule has 0 aliphatic carbocycles. The number of hydrogen-bond donors (Lipinski definition) is 0. The van der Waals surface area contributed by atoms with Gasteiger partial charge in [-0.15, -0.1) is 0 Å². The molecule has 0 bridgehead atoms. The van der Waals surface area contributed by atoms with Crippen LogP contribution in [0.1, 0.15) is 10.4 Å². The van der Waals surface area contributed by atoms with Crippen LogP contribution >= 0.6 is 21.7 Å². The second kappa shape index (κ2) is 4.38. The summed E-state index contributed by atoms with van der Waals surface area (Å²) in [6, 6.07) is 6.80. The molecule has 0 heterocycles. The van der Waals surface area contributed by atoms with Crippen LogP contribution in [-0.4, -0.2) is 12.2 Å². The Balaban J connectivity index is 2.84. The van der Waals surface area contributed by atoms with Crippen LogP contribution in [0.3, 0.4) is 0 Å². The topological polar surface area (TPSA) is 26.3 Å². The molecule has 0 saturated heterocycles. The van der Waals surface area contributed by atoms with Gasteiger partial charge in [-0.1, -0.05) is 0 Å². The lowest BCUT2D eigenvalue weighted by molar-refractivity contribution is 0.109. The van der Waals surface area contributed by atoms with Gasteiger partial charge in [-0.2, -0.15) is 0 Å². The summed E-state index contributed by atoms with van der Waals surface area (Å²) < 4.78 is 4.93. The Morgan fingerprint density at radius 1 is 1.42 bits per heavy atom. The number of rotatable bonds is 2. The van der Waals surface area contributed by atoms with E-state index in [0.717, 1.165) is 5.75 Å². The summed E-state index contributed by atoms with van der Waals surface area (Å²) in [5.74, 6) is 0.728. The van der Waals surface area contributed by atoms with Gasteiger partial charge in [0.25, 0.3) is 0 Å². The standard InChI is InChI=1S/C8H7ClO2S/c1-11-7-4-2-6(3-5-7)8(10)12-9/h2-5H,1H3. The number of hydrogen-bond acceptors (Lipinski definition) is 3. The van der Waals surface area contributed by atoms with E-state index < -0.39 is 0 Å². The van der Waals surface area contributed by atoms with Crippen molar-refractivity contribution in [2.24, 2.45) is 0 Å². The first-order chi connectivity index (χ1) is 5.77. The van der Waals surface area contributed by atoms with Gasteiger partial charge in [-0.25, -0.2) is 0 Å². The lowest BCUT2D eigenvalue weighted by Crippen LogP contribution is -1.90. The van der Waals surface area contributed by atoms with Crippen LogP contribution in [0, 0.1) is 0 Å². The molecule has 4 heteroatoms. The third-order valence-electron chi connectivity index (χ3n) is 1.40. The van der Waals surface area contributed by atoms with Crippen LogP contribution in [0.2, 0.25) is 0 Å². The van der Waals surface area contributed by atoms with E-state index in [1.54, 1.807) is 31.4 Å². The third-order valence-corrected chi connectivity index (χ3v) is 2.19. The van der Waals surface area contributed by atoms with Crippen LogP contribution in [0.15, 0.2) is 24.3 Å². The van der Waals surface area contributed by atoms with Gasteiger partial charge < -0.3 is 4.74 Å². The molecule has 0 N–H and O–H groups in total. The highest BCUT2D eigenvalue weighted by molar-refractivity contribution is 8.33. The predicted octanol–water partition coefficient (Wildman–Crippen LogP) is 2.72. The highest BCUT2D eigenvalue weighted by atomic mass is 35.7. The van der Waals surface area contributed by atoms with Gasteiger partial charge in [-0.05, 0) is 34.9 Å². The fourth-order valence-corrected chi connectivity index (χ4v) is 1.26. The van der Waals surface area contributed by atoms with E-state index >= 15 is 0 Å². The summed E-state index contributed by atoms with van der Waals surface area (Å²) in [4.78, 5) is 11.0. The minimum Gasteiger partial charge on any atom is -0.497 e. The third kappa shape index (κ3) is 2.16. The first-order valence-corrected chi connectivity index (χ1v) is 4.89. The van der Waals surface area contributed by atoms with Crippen molar-refractivity contribution in [3.8, 4) is 5.75 Å². The SMILES string of the molecule is COc1ccc(C(=O)SCl)cc1. The number of benzene rings is 1. The zero-order valence-corrected chi connectivity index (χ0v) is 7.98. The highest BCUT2D eigenvalue weighted by Gasteiger charge is 2.03. The first kappa shape index (κ1) is 9.42. The molecular weight excluding hydrogens is 196 g/mol. The molecule has 1 aromatic carbocycles. The van der Waals surface area contributed by atoms with Crippen LogP contribution in [-0.2, 0) is 0 Å². The van der Waals surface area contributed by atoms with Gasteiger partial charge in [0.05, 0.1) is 7.11 Å². The van der Waals surface area contributed by atoms with E-state index in [1.165, 1.54) is 0 Å². The molecule has 1 aromatic rings. The van der Waals surface area contributed by atoms with Gasteiger partial charge in [0.15, 0.2) is 0 Å². The second-order valence-corrected chi connectivity index (χ2v) is 3.08. The van der Waals surface area contributed by atoms with Gasteiger partial charge in [0.2, 0.25) is 5.12 Å². The first-order valence-electron chi connectivity index (χ1n) is 3.25. The fraction of sp³-hybridized carbons (Fsp3) is 0.125. The van der Waals surface area contributed by atoms with Crippen molar-refractivity contribution >= 4 is 26.8 Å². The molecule has 0 fully saturated rings. The molecule has 0 atom stereocenters. The molecule has 0 unspecified atom stereocenters. The molecule has 0 aliphatic heterocycles. The Bertz CT molecular complexity index is 271. The van der Waals surface area contributed by atoms with E-state index in [0.29, 0.717) is 16.5 Å². The number of halogens is 1. The average Bonchev–Trinajstić information content (AvgIpc) is 2.17. The lowest BCUT2D eigenvalue weighted by atomic mass is 10.2. The van der Waals surface area contributed by atoms with E-state index in [-0.39, 0.29) is 5.12 Å². The lowest BCUT2D eigenvalue weighted by Gasteiger charge is -1.99. The normalized spacial score (nSPS) is 9.50. The smallest absolute Gasteiger partial charge is 0.234 e. The minimum atomic E-state index is -0.153. The van der Waals surface area contributed by atoms with Gasteiger partial charge in [-0.3, -0.25) is 4.79 Å². The maximum absolute atomic E-state index is 11.0. The molecule has 1 rings (SSSR count). The van der Waals surface area contributed by atoms with Crippen LogP contribution in [0.4, 0.5) is 0 Å². The zero-order chi connectivity index (χ0) is 8.97. The summed E-state index contributed by atoms with van der Waals surface area (Å²) in [6.07, 6.45) is 0. The molecule has 0 radical (unpaired) electrons. The van der Waals surface area contributed by atoms with Crippen molar-refractivity contribution in [3.05, 3.63) is 29.8 Å². The predicted molar refractivity (Wildman–Crippen MR) is 50.8 cm³/mol. The molecule has 12 heavy (non-hydrogen) atoms. The van der Waals surface area contributed by atoms with E-state index in [9.17, 15) is 4.79 Å². The van der Waals surface area contributed by atoms with E-state index in [1.807, 2.05) is 0 Å². The average molecular weight is 203 g/mol. The van der Waals surface area contributed by atoms with Gasteiger partial charge in [0, 0.05) is 16.5 Å². The maximum Gasteiger partial charge on any atom is 0.234 e. The summed E-state index contributed by atoms with van der Waals surface area (Å²) in [5.41, 5.74) is 0.579. The molecule has 2 nitrogen and oxygen atoms in total. The Morgan fingerprint density at radius 3 is 2.42 bits per heavy atom. The van der Waals surface area contributed by atoms with Crippen molar-refractivity contribution in [2.75, 3.05) is 7.11 Å². The summed E-state index contributed by atoms with van der Waals surface area (Å²) in [7, 11) is 7.56. The summed E-state index contributed by atoms with van der Waals surface area (Å²) in [6.45, 7) is 0. The quantitative estimate of drug-likeness (QED) is 0.738. The van der Waals surface area contributed by atoms with Crippen molar-refractivity contribution in [3.63, 3.8) is 0 Å². The number of carbonyl (C=O) groups excluding carboxylic acids is 1. The molecule has 0 saturated carbocycles. The molecular formula is C8H7ClO2S. The minimum absolute atomic E-state index is 0.153. The number of carbonyl (C=O) groups is 1. The zero-order valence-electron chi connectivity index (χ0n) is 6.41. The summed E-state index contributed by atoms with van der Waals surface area (Å²) in [5, 5.41) is -0.153. The Kier molecular flexibility index (Phi) is 3.44. The van der Waals surface area contributed by atoms with Gasteiger partial charge >= 0.3 is 0 Å². The molecule has 64 valence electrons. The monoisotopic (exact) mass is 202 g/mol. The highest BCUT2D eigenvalue weighted by Crippen LogP contribution is 2.18. The van der Waals surface area contributed by atoms with E-state index in [2.05, 4.69) is 0 Å². The number of methoxy groups -OCH3 is 1. The largest absolute Gasteiger partial charge is 0.497 e. The molecule has 0 aromatic heterocycles. The van der Waals surface area contributed by atoms with Crippen molar-refractivity contribution in [1.29, 1.82) is 0 Å². The van der Waals surface area contributed by atoms with Crippen LogP contribution < -0.4 is 4.74 Å². The van der Waals surface area contributed by atoms with Gasteiger partial charge in [0.1, 0.15) is 5.75 Å². The van der Waals surface area contributed by atoms with Crippen LogP contribution in [0.25, 0.3) is 0 Å². The Hall–Kier alpha value is -0.670.